The van der Waals surface area contributed by atoms with Crippen LogP contribution >= 0.6 is 0 Å². The monoisotopic (exact) mass is 545 g/mol. The molecule has 1 aliphatic rings. The number of pyridine rings is 4. The predicted octanol–water partition coefficient (Wildman–Crippen LogP) is 3.17. The van der Waals surface area contributed by atoms with Crippen LogP contribution in [0.3, 0.4) is 0 Å². The van der Waals surface area contributed by atoms with Gasteiger partial charge in [-0.05, 0) is 69.3 Å². The van der Waals surface area contributed by atoms with E-state index in [0.29, 0.717) is 17.7 Å². The Morgan fingerprint density at radius 2 is 1.82 bits per heavy atom. The third-order valence-electron chi connectivity index (χ3n) is 6.99. The average molecular weight is 546 g/mol. The maximum atomic E-state index is 12.6. The van der Waals surface area contributed by atoms with Crippen molar-refractivity contribution in [3.8, 4) is 11.4 Å². The van der Waals surface area contributed by atoms with Gasteiger partial charge in [0.1, 0.15) is 5.82 Å². The zero-order chi connectivity index (χ0) is 27.6. The van der Waals surface area contributed by atoms with Crippen molar-refractivity contribution in [1.29, 1.82) is 0 Å². The fraction of sp³-hybridized carbons (Fsp3) is 0.321. The summed E-state index contributed by atoms with van der Waals surface area (Å²) >= 11 is 0. The number of sulfone groups is 1. The minimum absolute atomic E-state index is 0.00964. The number of carbonyl (C=O) groups is 1. The maximum absolute atomic E-state index is 12.6. The van der Waals surface area contributed by atoms with E-state index in [-0.39, 0.29) is 17.0 Å². The summed E-state index contributed by atoms with van der Waals surface area (Å²) < 4.78 is 23.5. The molecule has 0 saturated heterocycles. The highest BCUT2D eigenvalue weighted by Gasteiger charge is 2.30. The summed E-state index contributed by atoms with van der Waals surface area (Å²) in [6, 6.07) is 13.6. The first kappa shape index (κ1) is 26.6. The third-order valence-corrected chi connectivity index (χ3v) is 8.07. The number of carbonyl (C=O) groups excluding carboxylic acids is 1. The van der Waals surface area contributed by atoms with Crippen molar-refractivity contribution in [2.24, 2.45) is 5.92 Å². The molecule has 0 radical (unpaired) electrons. The molecule has 0 aliphatic heterocycles. The first-order chi connectivity index (χ1) is 18.7. The first-order valence-corrected chi connectivity index (χ1v) is 14.6. The Morgan fingerprint density at radius 3 is 2.59 bits per heavy atom. The van der Waals surface area contributed by atoms with Crippen molar-refractivity contribution < 1.29 is 13.2 Å². The summed E-state index contributed by atoms with van der Waals surface area (Å²) in [5, 5.41) is 7.11. The number of amides is 1. The van der Waals surface area contributed by atoms with Gasteiger partial charge in [-0.25, -0.2) is 18.4 Å². The van der Waals surface area contributed by atoms with Gasteiger partial charge < -0.3 is 15.5 Å². The van der Waals surface area contributed by atoms with Gasteiger partial charge in [-0.2, -0.15) is 0 Å². The third kappa shape index (κ3) is 6.37. The Bertz CT molecular complexity index is 1620. The molecule has 39 heavy (non-hydrogen) atoms. The van der Waals surface area contributed by atoms with Crippen molar-refractivity contribution >= 4 is 32.5 Å². The summed E-state index contributed by atoms with van der Waals surface area (Å²) in [6.45, 7) is 1.05. The molecular weight excluding hydrogens is 514 g/mol. The highest BCUT2D eigenvalue weighted by atomic mass is 32.2. The van der Waals surface area contributed by atoms with E-state index in [1.54, 1.807) is 6.20 Å². The molecule has 0 bridgehead atoms. The minimum Gasteiger partial charge on any atom is -0.370 e. The molecule has 11 heteroatoms. The minimum atomic E-state index is -3.46. The SMILES string of the molecule is CN(C)C1CC(CNc2cccc(-c3ccc4cnc(CNC(=O)c5cncc(S(C)(=O)=O)c5)cc4n3)n2)C1. The van der Waals surface area contributed by atoms with E-state index in [1.165, 1.54) is 31.3 Å². The number of aromatic nitrogens is 4. The van der Waals surface area contributed by atoms with E-state index in [2.05, 4.69) is 39.6 Å². The van der Waals surface area contributed by atoms with E-state index in [1.807, 2.05) is 36.4 Å². The Morgan fingerprint density at radius 1 is 1.03 bits per heavy atom. The molecule has 0 spiro atoms. The molecule has 5 rings (SSSR count). The van der Waals surface area contributed by atoms with Crippen molar-refractivity contribution in [2.45, 2.75) is 30.3 Å². The summed E-state index contributed by atoms with van der Waals surface area (Å²) in [5.74, 6) is 1.05. The van der Waals surface area contributed by atoms with Gasteiger partial charge in [0.25, 0.3) is 5.91 Å². The Labute approximate surface area is 227 Å². The number of nitrogens with one attached hydrogen (secondary N) is 2. The predicted molar refractivity (Wildman–Crippen MR) is 150 cm³/mol. The number of rotatable bonds is 9. The van der Waals surface area contributed by atoms with E-state index in [0.717, 1.165) is 40.9 Å². The highest BCUT2D eigenvalue weighted by molar-refractivity contribution is 7.90. The van der Waals surface area contributed by atoms with Crippen LogP contribution < -0.4 is 10.6 Å². The van der Waals surface area contributed by atoms with E-state index in [9.17, 15) is 13.2 Å². The number of anilines is 1. The zero-order valence-electron chi connectivity index (χ0n) is 22.1. The molecule has 0 aromatic carbocycles. The number of hydrogen-bond donors (Lipinski definition) is 2. The summed E-state index contributed by atoms with van der Waals surface area (Å²) in [4.78, 5) is 32.7. The molecule has 10 nitrogen and oxygen atoms in total. The van der Waals surface area contributed by atoms with Crippen LogP contribution in [0.2, 0.25) is 0 Å². The molecule has 1 fully saturated rings. The summed E-state index contributed by atoms with van der Waals surface area (Å²) in [5.41, 5.74) is 3.02. The molecule has 4 heterocycles. The van der Waals surface area contributed by atoms with Crippen LogP contribution in [0.4, 0.5) is 5.82 Å². The zero-order valence-corrected chi connectivity index (χ0v) is 22.9. The first-order valence-electron chi connectivity index (χ1n) is 12.7. The molecule has 0 atom stereocenters. The second-order valence-electron chi connectivity index (χ2n) is 10.2. The quantitative estimate of drug-likeness (QED) is 0.326. The standard InChI is InChI=1S/C28H31N7O3S/c1-35(2)22-9-18(10-22)13-31-27-6-4-5-24(34-27)25-8-7-19-15-30-21(12-26(19)33-25)16-32-28(36)20-11-23(17-29-14-20)39(3,37)38/h4-8,11-12,14-15,17-18,22H,9-10,13,16H2,1-3H3,(H,31,34)(H,32,36). The molecule has 1 aliphatic carbocycles. The van der Waals surface area contributed by atoms with E-state index in [4.69, 9.17) is 9.97 Å². The second-order valence-corrected chi connectivity index (χ2v) is 12.2. The van der Waals surface area contributed by atoms with Crippen LogP contribution in [0, 0.1) is 5.92 Å². The number of hydrogen-bond acceptors (Lipinski definition) is 9. The lowest BCUT2D eigenvalue weighted by Gasteiger charge is -2.39. The van der Waals surface area contributed by atoms with E-state index >= 15 is 0 Å². The molecule has 4 aromatic heterocycles. The molecule has 1 saturated carbocycles. The van der Waals surface area contributed by atoms with Crippen molar-refractivity contribution in [3.63, 3.8) is 0 Å². The van der Waals surface area contributed by atoms with Gasteiger partial charge in [-0.15, -0.1) is 0 Å². The van der Waals surface area contributed by atoms with Gasteiger partial charge in [0.15, 0.2) is 9.84 Å². The van der Waals surface area contributed by atoms with Crippen LogP contribution in [0.5, 0.6) is 0 Å². The summed E-state index contributed by atoms with van der Waals surface area (Å²) in [6.07, 6.45) is 7.73. The van der Waals surface area contributed by atoms with Gasteiger partial charge in [-0.1, -0.05) is 6.07 Å². The van der Waals surface area contributed by atoms with Crippen molar-refractivity contribution in [1.82, 2.24) is 30.2 Å². The van der Waals surface area contributed by atoms with Gasteiger partial charge in [-0.3, -0.25) is 14.8 Å². The average Bonchev–Trinajstić information content (AvgIpc) is 2.90. The van der Waals surface area contributed by atoms with E-state index < -0.39 is 15.7 Å². The fourth-order valence-electron chi connectivity index (χ4n) is 4.53. The Hall–Kier alpha value is -3.96. The van der Waals surface area contributed by atoms with Gasteiger partial charge in [0.2, 0.25) is 0 Å². The topological polar surface area (TPSA) is 130 Å². The normalized spacial score (nSPS) is 17.1. The van der Waals surface area contributed by atoms with Crippen LogP contribution in [0.1, 0.15) is 28.9 Å². The highest BCUT2D eigenvalue weighted by Crippen LogP contribution is 2.30. The lowest BCUT2D eigenvalue weighted by molar-refractivity contribution is 0.0950. The summed E-state index contributed by atoms with van der Waals surface area (Å²) in [7, 11) is 0.796. The lowest BCUT2D eigenvalue weighted by atomic mass is 9.79. The van der Waals surface area contributed by atoms with Crippen molar-refractivity contribution in [2.75, 3.05) is 32.2 Å². The molecule has 4 aromatic rings. The molecule has 202 valence electrons. The second kappa shape index (κ2) is 11.0. The number of nitrogens with zero attached hydrogens (tertiary/aromatic N) is 5. The van der Waals surface area contributed by atoms with Gasteiger partial charge in [0.05, 0.1) is 39.6 Å². The smallest absolute Gasteiger partial charge is 0.253 e. The van der Waals surface area contributed by atoms with Crippen LogP contribution in [0.25, 0.3) is 22.3 Å². The Kier molecular flexibility index (Phi) is 7.53. The Balaban J connectivity index is 1.25. The largest absolute Gasteiger partial charge is 0.370 e. The van der Waals surface area contributed by atoms with Crippen LogP contribution in [-0.4, -0.2) is 72.1 Å². The van der Waals surface area contributed by atoms with Crippen molar-refractivity contribution in [3.05, 3.63) is 72.3 Å². The maximum Gasteiger partial charge on any atom is 0.253 e. The lowest BCUT2D eigenvalue weighted by Crippen LogP contribution is -2.42. The number of fused-ring (bicyclic) bond motifs is 1. The van der Waals surface area contributed by atoms with Crippen LogP contribution in [0.15, 0.2) is 66.0 Å². The van der Waals surface area contributed by atoms with Gasteiger partial charge in [0, 0.05) is 42.8 Å². The fourth-order valence-corrected chi connectivity index (χ4v) is 5.12. The molecular formula is C28H31N7O3S. The van der Waals surface area contributed by atoms with Crippen LogP contribution in [-0.2, 0) is 16.4 Å². The molecule has 2 N–H and O–H groups in total. The molecule has 0 unspecified atom stereocenters. The molecule has 1 amide bonds. The van der Waals surface area contributed by atoms with Gasteiger partial charge >= 0.3 is 0 Å².